The van der Waals surface area contributed by atoms with E-state index in [0.717, 1.165) is 0 Å². The summed E-state index contributed by atoms with van der Waals surface area (Å²) in [5.74, 6) is 0.263. The Morgan fingerprint density at radius 2 is 2.29 bits per heavy atom. The number of aliphatic hydroxyl groups excluding tert-OH is 2. The molecule has 0 bridgehead atoms. The molecule has 1 aromatic rings. The largest absolute Gasteiger partial charge is 0.394 e. The molecule has 0 heterocycles. The van der Waals surface area contributed by atoms with Gasteiger partial charge in [-0.1, -0.05) is 0 Å². The van der Waals surface area contributed by atoms with E-state index in [1.165, 1.54) is 30.0 Å². The average Bonchev–Trinajstić information content (AvgIpc) is 2.35. The molecule has 1 atom stereocenters. The van der Waals surface area contributed by atoms with Crippen LogP contribution in [0.1, 0.15) is 5.56 Å². The van der Waals surface area contributed by atoms with Crippen molar-refractivity contribution < 1.29 is 15.1 Å². The average molecular weight is 254 g/mol. The van der Waals surface area contributed by atoms with Gasteiger partial charge in [0.1, 0.15) is 11.6 Å². The molecule has 7 heteroatoms. The van der Waals surface area contributed by atoms with Gasteiger partial charge in [0.2, 0.25) is 0 Å². The van der Waals surface area contributed by atoms with E-state index in [1.54, 1.807) is 6.07 Å². The first-order valence-electron chi connectivity index (χ1n) is 4.68. The second-order valence-corrected chi connectivity index (χ2v) is 4.29. The first-order valence-corrected chi connectivity index (χ1v) is 5.67. The Labute approximate surface area is 102 Å². The number of benzene rings is 1. The van der Waals surface area contributed by atoms with Crippen LogP contribution in [0.5, 0.6) is 0 Å². The van der Waals surface area contributed by atoms with Crippen molar-refractivity contribution in [2.45, 2.75) is 11.0 Å². The Balaban J connectivity index is 2.84. The lowest BCUT2D eigenvalue weighted by atomic mass is 10.2. The van der Waals surface area contributed by atoms with Gasteiger partial charge < -0.3 is 10.2 Å². The number of nitriles is 1. The number of nitro groups is 1. The lowest BCUT2D eigenvalue weighted by Crippen LogP contribution is -2.14. The third-order valence-corrected chi connectivity index (χ3v) is 3.08. The smallest absolute Gasteiger partial charge is 0.287 e. The molecule has 0 saturated heterocycles. The van der Waals surface area contributed by atoms with E-state index in [1.807, 2.05) is 0 Å². The molecule has 1 unspecified atom stereocenters. The van der Waals surface area contributed by atoms with Crippen molar-refractivity contribution in [2.75, 3.05) is 12.4 Å². The van der Waals surface area contributed by atoms with Gasteiger partial charge in [-0.05, 0) is 12.1 Å². The maximum absolute atomic E-state index is 10.6. The fourth-order valence-corrected chi connectivity index (χ4v) is 1.95. The van der Waals surface area contributed by atoms with Crippen LogP contribution in [0.4, 0.5) is 5.69 Å². The number of hydrogen-bond acceptors (Lipinski definition) is 6. The maximum Gasteiger partial charge on any atom is 0.287 e. The van der Waals surface area contributed by atoms with E-state index in [4.69, 9.17) is 15.5 Å². The number of nitrogens with zero attached hydrogens (tertiary/aromatic N) is 2. The molecule has 1 rings (SSSR count). The Kier molecular flexibility index (Phi) is 4.90. The van der Waals surface area contributed by atoms with E-state index < -0.39 is 11.0 Å². The molecule has 0 radical (unpaired) electrons. The van der Waals surface area contributed by atoms with Gasteiger partial charge in [-0.25, -0.2) is 0 Å². The van der Waals surface area contributed by atoms with Crippen molar-refractivity contribution in [2.24, 2.45) is 0 Å². The van der Waals surface area contributed by atoms with E-state index in [9.17, 15) is 10.1 Å². The number of rotatable bonds is 5. The van der Waals surface area contributed by atoms with Gasteiger partial charge >= 0.3 is 0 Å². The molecule has 0 aliphatic carbocycles. The molecular weight excluding hydrogens is 244 g/mol. The Morgan fingerprint density at radius 1 is 1.59 bits per heavy atom. The lowest BCUT2D eigenvalue weighted by Gasteiger charge is -2.06. The second-order valence-electron chi connectivity index (χ2n) is 3.20. The summed E-state index contributed by atoms with van der Waals surface area (Å²) in [6, 6.07) is 5.91. The summed E-state index contributed by atoms with van der Waals surface area (Å²) >= 11 is 1.22. The minimum Gasteiger partial charge on any atom is -0.394 e. The molecule has 0 aliphatic heterocycles. The van der Waals surface area contributed by atoms with E-state index in [0.29, 0.717) is 4.90 Å². The molecule has 0 fully saturated rings. The maximum atomic E-state index is 10.6. The highest BCUT2D eigenvalue weighted by atomic mass is 32.2. The van der Waals surface area contributed by atoms with Crippen LogP contribution < -0.4 is 0 Å². The SMILES string of the molecule is N#Cc1cc(SCC(O)CO)ccc1[N+](=O)[O-]. The van der Waals surface area contributed by atoms with Crippen LogP contribution in [0, 0.1) is 21.4 Å². The van der Waals surface area contributed by atoms with E-state index >= 15 is 0 Å². The van der Waals surface area contributed by atoms with Gasteiger partial charge in [0.05, 0.1) is 17.6 Å². The van der Waals surface area contributed by atoms with Crippen molar-refractivity contribution in [1.29, 1.82) is 5.26 Å². The normalized spacial score (nSPS) is 11.8. The number of aliphatic hydroxyl groups is 2. The molecule has 0 aromatic heterocycles. The third kappa shape index (κ3) is 3.71. The van der Waals surface area contributed by atoms with Crippen LogP contribution in [0.3, 0.4) is 0 Å². The molecule has 2 N–H and O–H groups in total. The van der Waals surface area contributed by atoms with Crippen molar-refractivity contribution in [1.82, 2.24) is 0 Å². The zero-order valence-corrected chi connectivity index (χ0v) is 9.55. The van der Waals surface area contributed by atoms with Gasteiger partial charge in [0.25, 0.3) is 5.69 Å². The van der Waals surface area contributed by atoms with Gasteiger partial charge in [0, 0.05) is 16.7 Å². The quantitative estimate of drug-likeness (QED) is 0.459. The molecule has 0 amide bonds. The van der Waals surface area contributed by atoms with Crippen LogP contribution in [-0.2, 0) is 0 Å². The fourth-order valence-electron chi connectivity index (χ4n) is 1.10. The van der Waals surface area contributed by atoms with Gasteiger partial charge in [-0.15, -0.1) is 11.8 Å². The summed E-state index contributed by atoms with van der Waals surface area (Å²) in [5.41, 5.74) is -0.252. The number of nitro benzene ring substituents is 1. The van der Waals surface area contributed by atoms with Gasteiger partial charge in [-0.2, -0.15) is 5.26 Å². The molecule has 17 heavy (non-hydrogen) atoms. The third-order valence-electron chi connectivity index (χ3n) is 1.94. The highest BCUT2D eigenvalue weighted by Crippen LogP contribution is 2.25. The summed E-state index contributed by atoms with van der Waals surface area (Å²) in [7, 11) is 0. The summed E-state index contributed by atoms with van der Waals surface area (Å²) in [6.07, 6.45) is -0.847. The van der Waals surface area contributed by atoms with Crippen LogP contribution in [0.25, 0.3) is 0 Å². The molecule has 6 nitrogen and oxygen atoms in total. The topological polar surface area (TPSA) is 107 Å². The van der Waals surface area contributed by atoms with Crippen molar-refractivity contribution in [3.8, 4) is 6.07 Å². The minimum atomic E-state index is -0.847. The second kappa shape index (κ2) is 6.20. The van der Waals surface area contributed by atoms with Gasteiger partial charge in [-0.3, -0.25) is 10.1 Å². The first-order chi connectivity index (χ1) is 8.08. The summed E-state index contributed by atoms with van der Waals surface area (Å²) in [4.78, 5) is 10.6. The highest BCUT2D eigenvalue weighted by Gasteiger charge is 2.14. The first kappa shape index (κ1) is 13.4. The zero-order valence-electron chi connectivity index (χ0n) is 8.74. The van der Waals surface area contributed by atoms with Crippen LogP contribution in [0.2, 0.25) is 0 Å². The van der Waals surface area contributed by atoms with E-state index in [-0.39, 0.29) is 23.6 Å². The van der Waals surface area contributed by atoms with Crippen molar-refractivity contribution in [3.63, 3.8) is 0 Å². The summed E-state index contributed by atoms with van der Waals surface area (Å²) in [5, 5.41) is 37.1. The molecule has 0 aliphatic rings. The molecule has 1 aromatic carbocycles. The van der Waals surface area contributed by atoms with Crippen LogP contribution in [-0.4, -0.2) is 33.6 Å². The Bertz CT molecular complexity index is 458. The molecule has 0 spiro atoms. The van der Waals surface area contributed by atoms with Crippen molar-refractivity contribution in [3.05, 3.63) is 33.9 Å². The highest BCUT2D eigenvalue weighted by molar-refractivity contribution is 7.99. The predicted octanol–water partition coefficient (Wildman–Crippen LogP) is 0.912. The van der Waals surface area contributed by atoms with Crippen molar-refractivity contribution >= 4 is 17.4 Å². The summed E-state index contributed by atoms with van der Waals surface area (Å²) < 4.78 is 0. The molecule has 0 saturated carbocycles. The monoisotopic (exact) mass is 254 g/mol. The lowest BCUT2D eigenvalue weighted by molar-refractivity contribution is -0.385. The predicted molar refractivity (Wildman–Crippen MR) is 61.6 cm³/mol. The van der Waals surface area contributed by atoms with E-state index in [2.05, 4.69) is 0 Å². The molecule has 90 valence electrons. The molecular formula is C10H10N2O4S. The van der Waals surface area contributed by atoms with Gasteiger partial charge in [0.15, 0.2) is 0 Å². The standard InChI is InChI=1S/C10H10N2O4S/c11-4-7-3-9(17-6-8(14)5-13)1-2-10(7)12(15)16/h1-3,8,13-14H,5-6H2. The summed E-state index contributed by atoms with van der Waals surface area (Å²) in [6.45, 7) is -0.342. The number of thioether (sulfide) groups is 1. The van der Waals surface area contributed by atoms with Crippen LogP contribution in [0.15, 0.2) is 23.1 Å². The Morgan fingerprint density at radius 3 is 2.82 bits per heavy atom. The number of hydrogen-bond donors (Lipinski definition) is 2. The van der Waals surface area contributed by atoms with Crippen LogP contribution >= 0.6 is 11.8 Å². The Hall–Kier alpha value is -1.62. The zero-order chi connectivity index (χ0) is 12.8. The fraction of sp³-hybridized carbons (Fsp3) is 0.300. The minimum absolute atomic E-state index is 0.0153.